The number of hydrogen-bond acceptors (Lipinski definition) is 3. The normalized spacial score (nSPS) is 11.8. The minimum atomic E-state index is -1.02. The average Bonchev–Trinajstić information content (AvgIpc) is 2.54. The van der Waals surface area contributed by atoms with E-state index in [1.165, 1.54) is 25.1 Å². The zero-order valence-corrected chi connectivity index (χ0v) is 15.9. The lowest BCUT2D eigenvalue weighted by molar-refractivity contribution is -0.152. The summed E-state index contributed by atoms with van der Waals surface area (Å²) in [5, 5.41) is 2.92. The van der Waals surface area contributed by atoms with E-state index >= 15 is 0 Å². The maximum atomic E-state index is 13.7. The Labute approximate surface area is 157 Å². The van der Waals surface area contributed by atoms with Gasteiger partial charge in [-0.05, 0) is 51.0 Å². The molecule has 1 amide bonds. The number of nitrogens with one attached hydrogen (secondary N) is 1. The number of anilines is 1. The van der Waals surface area contributed by atoms with Gasteiger partial charge in [-0.25, -0.2) is 4.39 Å². The summed E-state index contributed by atoms with van der Waals surface area (Å²) in [4.78, 5) is 24.4. The molecule has 0 aliphatic rings. The maximum absolute atomic E-state index is 13.7. The van der Waals surface area contributed by atoms with Crippen LogP contribution >= 0.6 is 11.6 Å². The summed E-state index contributed by atoms with van der Waals surface area (Å²) >= 11 is 5.90. The number of esters is 1. The molecule has 0 saturated heterocycles. The lowest BCUT2D eigenvalue weighted by Crippen LogP contribution is -2.31. The van der Waals surface area contributed by atoms with Gasteiger partial charge in [-0.3, -0.25) is 9.59 Å². The number of rotatable bonds is 5. The third kappa shape index (κ3) is 4.82. The van der Waals surface area contributed by atoms with Crippen LogP contribution in [0, 0.1) is 26.6 Å². The molecule has 1 N–H and O–H groups in total. The first-order chi connectivity index (χ1) is 12.2. The van der Waals surface area contributed by atoms with Crippen LogP contribution < -0.4 is 5.32 Å². The Hall–Kier alpha value is -2.40. The number of hydrogen-bond donors (Lipinski definition) is 1. The number of carbonyl (C=O) groups is 2. The van der Waals surface area contributed by atoms with Gasteiger partial charge >= 0.3 is 5.97 Å². The van der Waals surface area contributed by atoms with E-state index in [0.717, 1.165) is 16.7 Å². The van der Waals surface area contributed by atoms with Gasteiger partial charge in [0, 0.05) is 16.3 Å². The van der Waals surface area contributed by atoms with Crippen LogP contribution in [0.15, 0.2) is 30.3 Å². The number of benzene rings is 2. The minimum absolute atomic E-state index is 0.0528. The van der Waals surface area contributed by atoms with E-state index < -0.39 is 23.8 Å². The van der Waals surface area contributed by atoms with Crippen LogP contribution in [0.1, 0.15) is 29.2 Å². The molecule has 0 spiro atoms. The van der Waals surface area contributed by atoms with Gasteiger partial charge in [-0.1, -0.05) is 35.4 Å². The summed E-state index contributed by atoms with van der Waals surface area (Å²) < 4.78 is 18.9. The van der Waals surface area contributed by atoms with Gasteiger partial charge in [0.1, 0.15) is 5.82 Å². The van der Waals surface area contributed by atoms with Crippen LogP contribution in [0.2, 0.25) is 5.02 Å². The SMILES string of the molecule is Cc1cc(C)c(NC(=O)[C@H](C)OC(=O)Cc2c(F)cccc2Cl)c(C)c1. The third-order valence-corrected chi connectivity index (χ3v) is 4.34. The Morgan fingerprint density at radius 3 is 2.38 bits per heavy atom. The predicted octanol–water partition coefficient (Wildman–Crippen LogP) is 4.52. The summed E-state index contributed by atoms with van der Waals surface area (Å²) in [5.41, 5.74) is 3.69. The van der Waals surface area contributed by atoms with Crippen molar-refractivity contribution in [1.82, 2.24) is 0 Å². The lowest BCUT2D eigenvalue weighted by atomic mass is 10.0. The van der Waals surface area contributed by atoms with Crippen LogP contribution in [0.3, 0.4) is 0 Å². The molecule has 0 unspecified atom stereocenters. The molecular weight excluding hydrogens is 357 g/mol. The average molecular weight is 378 g/mol. The van der Waals surface area contributed by atoms with Gasteiger partial charge in [-0.15, -0.1) is 0 Å². The molecular formula is C20H21ClFNO3. The van der Waals surface area contributed by atoms with Crippen molar-refractivity contribution >= 4 is 29.2 Å². The molecule has 2 aromatic rings. The first kappa shape index (κ1) is 19.9. The van der Waals surface area contributed by atoms with E-state index in [-0.39, 0.29) is 17.0 Å². The highest BCUT2D eigenvalue weighted by Crippen LogP contribution is 2.23. The second-order valence-electron chi connectivity index (χ2n) is 6.27. The van der Waals surface area contributed by atoms with Crippen molar-refractivity contribution < 1.29 is 18.7 Å². The fraction of sp³-hybridized carbons (Fsp3) is 0.300. The summed E-state index contributed by atoms with van der Waals surface area (Å²) in [6.45, 7) is 7.23. The van der Waals surface area contributed by atoms with E-state index in [2.05, 4.69) is 5.32 Å². The van der Waals surface area contributed by atoms with Gasteiger partial charge in [0.15, 0.2) is 6.10 Å². The highest BCUT2D eigenvalue weighted by molar-refractivity contribution is 6.31. The van der Waals surface area contributed by atoms with E-state index in [0.29, 0.717) is 5.69 Å². The van der Waals surface area contributed by atoms with E-state index in [1.807, 2.05) is 32.9 Å². The predicted molar refractivity (Wildman–Crippen MR) is 100.0 cm³/mol. The quantitative estimate of drug-likeness (QED) is 0.779. The Kier molecular flexibility index (Phi) is 6.37. The smallest absolute Gasteiger partial charge is 0.311 e. The molecule has 0 fully saturated rings. The Balaban J connectivity index is 2.02. The number of amides is 1. The fourth-order valence-corrected chi connectivity index (χ4v) is 2.97. The molecule has 0 aliphatic heterocycles. The van der Waals surface area contributed by atoms with Crippen molar-refractivity contribution in [2.45, 2.75) is 40.2 Å². The van der Waals surface area contributed by atoms with Gasteiger partial charge < -0.3 is 10.1 Å². The lowest BCUT2D eigenvalue weighted by Gasteiger charge is -2.17. The Morgan fingerprint density at radius 1 is 1.19 bits per heavy atom. The molecule has 0 saturated carbocycles. The molecule has 0 heterocycles. The van der Waals surface area contributed by atoms with Gasteiger partial charge in [0.2, 0.25) is 0 Å². The van der Waals surface area contributed by atoms with Crippen molar-refractivity contribution in [1.29, 1.82) is 0 Å². The van der Waals surface area contributed by atoms with Crippen LogP contribution in [-0.4, -0.2) is 18.0 Å². The van der Waals surface area contributed by atoms with Crippen molar-refractivity contribution in [3.8, 4) is 0 Å². The minimum Gasteiger partial charge on any atom is -0.452 e. The molecule has 2 aromatic carbocycles. The summed E-state index contributed by atoms with van der Waals surface area (Å²) in [6.07, 6.45) is -1.36. The molecule has 0 aromatic heterocycles. The Bertz CT molecular complexity index is 808. The van der Waals surface area contributed by atoms with Gasteiger partial charge in [0.25, 0.3) is 5.91 Å². The van der Waals surface area contributed by atoms with Crippen LogP contribution in [-0.2, 0) is 20.7 Å². The van der Waals surface area contributed by atoms with Gasteiger partial charge in [-0.2, -0.15) is 0 Å². The third-order valence-electron chi connectivity index (χ3n) is 3.99. The number of carbonyl (C=O) groups excluding carboxylic acids is 2. The second-order valence-corrected chi connectivity index (χ2v) is 6.68. The molecule has 26 heavy (non-hydrogen) atoms. The van der Waals surface area contributed by atoms with Crippen molar-refractivity contribution in [3.05, 3.63) is 63.4 Å². The molecule has 0 bridgehead atoms. The molecule has 6 heteroatoms. The molecule has 1 atom stereocenters. The zero-order valence-electron chi connectivity index (χ0n) is 15.2. The molecule has 0 radical (unpaired) electrons. The van der Waals surface area contributed by atoms with Crippen LogP contribution in [0.25, 0.3) is 0 Å². The highest BCUT2D eigenvalue weighted by Gasteiger charge is 2.21. The zero-order chi connectivity index (χ0) is 19.4. The molecule has 4 nitrogen and oxygen atoms in total. The maximum Gasteiger partial charge on any atom is 0.311 e. The van der Waals surface area contributed by atoms with Crippen LogP contribution in [0.4, 0.5) is 10.1 Å². The fourth-order valence-electron chi connectivity index (χ4n) is 2.74. The summed E-state index contributed by atoms with van der Waals surface area (Å²) in [7, 11) is 0. The van der Waals surface area contributed by atoms with E-state index in [4.69, 9.17) is 16.3 Å². The standard InChI is InChI=1S/C20H21ClFNO3/c1-11-8-12(2)19(13(3)9-11)23-20(25)14(4)26-18(24)10-15-16(21)6-5-7-17(15)22/h5-9,14H,10H2,1-4H3,(H,23,25)/t14-/m0/s1. The largest absolute Gasteiger partial charge is 0.452 e. The van der Waals surface area contributed by atoms with Crippen molar-refractivity contribution in [2.75, 3.05) is 5.32 Å². The Morgan fingerprint density at radius 2 is 1.81 bits per heavy atom. The second kappa shape index (κ2) is 8.32. The van der Waals surface area contributed by atoms with E-state index in [9.17, 15) is 14.0 Å². The molecule has 2 rings (SSSR count). The number of ether oxygens (including phenoxy) is 1. The van der Waals surface area contributed by atoms with Crippen LogP contribution in [0.5, 0.6) is 0 Å². The van der Waals surface area contributed by atoms with E-state index in [1.54, 1.807) is 0 Å². The first-order valence-corrected chi connectivity index (χ1v) is 8.58. The summed E-state index contributed by atoms with van der Waals surface area (Å²) in [5.74, 6) is -1.76. The monoisotopic (exact) mass is 377 g/mol. The van der Waals surface area contributed by atoms with Crippen molar-refractivity contribution in [3.63, 3.8) is 0 Å². The first-order valence-electron chi connectivity index (χ1n) is 8.20. The summed E-state index contributed by atoms with van der Waals surface area (Å²) in [6, 6.07) is 8.08. The topological polar surface area (TPSA) is 55.4 Å². The molecule has 138 valence electrons. The number of halogens is 2. The van der Waals surface area contributed by atoms with Gasteiger partial charge in [0.05, 0.1) is 6.42 Å². The van der Waals surface area contributed by atoms with Crippen molar-refractivity contribution in [2.24, 2.45) is 0 Å². The number of aryl methyl sites for hydroxylation is 3. The molecule has 0 aliphatic carbocycles. The highest BCUT2D eigenvalue weighted by atomic mass is 35.5.